The summed E-state index contributed by atoms with van der Waals surface area (Å²) in [4.78, 5) is 0. The fraction of sp³-hybridized carbons (Fsp3) is 1.00. The Labute approximate surface area is 129 Å². The zero-order valence-electron chi connectivity index (χ0n) is 14.1. The number of hydrogen-bond donors (Lipinski definition) is 0. The highest BCUT2D eigenvalue weighted by Gasteiger charge is 2.44. The SMILES string of the molecule is CCC(CC)(O[SiH3])C(C1CCCCC1)C1CCCCC1. The highest BCUT2D eigenvalue weighted by atomic mass is 28.2. The van der Waals surface area contributed by atoms with Crippen molar-refractivity contribution in [3.8, 4) is 0 Å². The maximum Gasteiger partial charge on any atom is 0.146 e. The minimum Gasteiger partial charge on any atom is -0.422 e. The molecule has 20 heavy (non-hydrogen) atoms. The van der Waals surface area contributed by atoms with E-state index < -0.39 is 0 Å². The smallest absolute Gasteiger partial charge is 0.146 e. The zero-order chi connectivity index (χ0) is 14.4. The molecule has 2 rings (SSSR count). The molecule has 0 atom stereocenters. The van der Waals surface area contributed by atoms with Gasteiger partial charge in [-0.1, -0.05) is 78.1 Å². The van der Waals surface area contributed by atoms with Crippen molar-refractivity contribution in [3.63, 3.8) is 0 Å². The monoisotopic (exact) mass is 296 g/mol. The Morgan fingerprint density at radius 1 is 0.850 bits per heavy atom. The fourth-order valence-corrected chi connectivity index (χ4v) is 6.23. The van der Waals surface area contributed by atoms with Gasteiger partial charge in [0.05, 0.1) is 5.60 Å². The Hall–Kier alpha value is 0.177. The Bertz CT molecular complexity index is 236. The van der Waals surface area contributed by atoms with Crippen LogP contribution in [-0.4, -0.2) is 16.1 Å². The molecule has 2 heteroatoms. The summed E-state index contributed by atoms with van der Waals surface area (Å²) in [6, 6.07) is 0. The average molecular weight is 297 g/mol. The quantitative estimate of drug-likeness (QED) is 0.650. The van der Waals surface area contributed by atoms with Crippen LogP contribution in [0.1, 0.15) is 90.9 Å². The van der Waals surface area contributed by atoms with Crippen LogP contribution in [0, 0.1) is 17.8 Å². The Morgan fingerprint density at radius 3 is 1.55 bits per heavy atom. The average Bonchev–Trinajstić information content (AvgIpc) is 2.54. The van der Waals surface area contributed by atoms with Crippen molar-refractivity contribution in [1.82, 2.24) is 0 Å². The molecular weight excluding hydrogens is 260 g/mol. The van der Waals surface area contributed by atoms with Gasteiger partial charge in [0.25, 0.3) is 0 Å². The predicted octanol–water partition coefficient (Wildman–Crippen LogP) is 4.62. The minimum absolute atomic E-state index is 0.218. The van der Waals surface area contributed by atoms with Crippen LogP contribution in [0.2, 0.25) is 0 Å². The van der Waals surface area contributed by atoms with Gasteiger partial charge in [0, 0.05) is 0 Å². The Balaban J connectivity index is 2.20. The molecule has 0 saturated heterocycles. The van der Waals surface area contributed by atoms with Gasteiger partial charge in [-0.2, -0.15) is 0 Å². The van der Waals surface area contributed by atoms with Gasteiger partial charge >= 0.3 is 0 Å². The zero-order valence-corrected chi connectivity index (χ0v) is 16.1. The third-order valence-electron chi connectivity index (χ3n) is 6.53. The van der Waals surface area contributed by atoms with E-state index in [1.54, 1.807) is 0 Å². The molecule has 2 saturated carbocycles. The van der Waals surface area contributed by atoms with Crippen molar-refractivity contribution in [2.24, 2.45) is 17.8 Å². The van der Waals surface area contributed by atoms with E-state index in [4.69, 9.17) is 4.43 Å². The molecular formula is C18H36OSi. The van der Waals surface area contributed by atoms with Crippen LogP contribution in [0.15, 0.2) is 0 Å². The van der Waals surface area contributed by atoms with Gasteiger partial charge in [0.15, 0.2) is 0 Å². The van der Waals surface area contributed by atoms with E-state index in [1.807, 2.05) is 0 Å². The van der Waals surface area contributed by atoms with Gasteiger partial charge in [-0.05, 0) is 30.6 Å². The summed E-state index contributed by atoms with van der Waals surface area (Å²) in [7, 11) is 0.904. The summed E-state index contributed by atoms with van der Waals surface area (Å²) >= 11 is 0. The van der Waals surface area contributed by atoms with Crippen molar-refractivity contribution >= 4 is 10.5 Å². The van der Waals surface area contributed by atoms with E-state index in [1.165, 1.54) is 77.0 Å². The molecule has 0 amide bonds. The van der Waals surface area contributed by atoms with Crippen molar-refractivity contribution < 1.29 is 4.43 Å². The molecule has 0 N–H and O–H groups in total. The van der Waals surface area contributed by atoms with Gasteiger partial charge < -0.3 is 4.43 Å². The lowest BCUT2D eigenvalue weighted by Gasteiger charge is -2.49. The Morgan fingerprint density at radius 2 is 1.25 bits per heavy atom. The second-order valence-electron chi connectivity index (χ2n) is 7.30. The summed E-state index contributed by atoms with van der Waals surface area (Å²) in [5.41, 5.74) is 0.218. The van der Waals surface area contributed by atoms with Crippen molar-refractivity contribution in [3.05, 3.63) is 0 Å². The van der Waals surface area contributed by atoms with Crippen LogP contribution in [0.25, 0.3) is 0 Å². The molecule has 0 spiro atoms. The van der Waals surface area contributed by atoms with Gasteiger partial charge in [-0.25, -0.2) is 0 Å². The van der Waals surface area contributed by atoms with Gasteiger partial charge in [0.1, 0.15) is 10.5 Å². The van der Waals surface area contributed by atoms with E-state index in [0.717, 1.165) is 28.2 Å². The second kappa shape index (κ2) is 7.98. The molecule has 0 heterocycles. The van der Waals surface area contributed by atoms with Gasteiger partial charge in [0.2, 0.25) is 0 Å². The van der Waals surface area contributed by atoms with Crippen LogP contribution in [0.3, 0.4) is 0 Å². The van der Waals surface area contributed by atoms with Gasteiger partial charge in [-0.15, -0.1) is 0 Å². The molecule has 0 aromatic heterocycles. The molecule has 0 aromatic carbocycles. The first kappa shape index (κ1) is 16.5. The molecule has 0 aromatic rings. The first-order chi connectivity index (χ1) is 9.77. The van der Waals surface area contributed by atoms with E-state index in [9.17, 15) is 0 Å². The van der Waals surface area contributed by atoms with Crippen LogP contribution >= 0.6 is 0 Å². The third kappa shape index (κ3) is 3.49. The highest BCUT2D eigenvalue weighted by Crippen LogP contribution is 2.48. The number of rotatable bonds is 6. The summed E-state index contributed by atoms with van der Waals surface area (Å²) in [5.74, 6) is 2.77. The lowest BCUT2D eigenvalue weighted by molar-refractivity contribution is -0.0638. The third-order valence-corrected chi connectivity index (χ3v) is 7.34. The fourth-order valence-electron chi connectivity index (χ4n) is 5.38. The first-order valence-electron chi connectivity index (χ1n) is 9.32. The van der Waals surface area contributed by atoms with Crippen LogP contribution in [0.5, 0.6) is 0 Å². The molecule has 0 unspecified atom stereocenters. The van der Waals surface area contributed by atoms with E-state index in [2.05, 4.69) is 13.8 Å². The second-order valence-corrected chi connectivity index (χ2v) is 7.71. The molecule has 0 radical (unpaired) electrons. The van der Waals surface area contributed by atoms with Crippen LogP contribution in [0.4, 0.5) is 0 Å². The van der Waals surface area contributed by atoms with Crippen LogP contribution < -0.4 is 0 Å². The molecule has 1 nitrogen and oxygen atoms in total. The predicted molar refractivity (Wildman–Crippen MR) is 91.0 cm³/mol. The van der Waals surface area contributed by atoms with E-state index in [-0.39, 0.29) is 5.60 Å². The summed E-state index contributed by atoms with van der Waals surface area (Å²) < 4.78 is 6.34. The molecule has 0 aliphatic heterocycles. The maximum atomic E-state index is 6.34. The largest absolute Gasteiger partial charge is 0.422 e. The normalized spacial score (nSPS) is 23.6. The Kier molecular flexibility index (Phi) is 6.60. The molecule has 2 fully saturated rings. The lowest BCUT2D eigenvalue weighted by Crippen LogP contribution is -2.48. The first-order valence-corrected chi connectivity index (χ1v) is 10.1. The maximum absolute atomic E-state index is 6.34. The van der Waals surface area contributed by atoms with Crippen molar-refractivity contribution in [2.75, 3.05) is 0 Å². The van der Waals surface area contributed by atoms with E-state index >= 15 is 0 Å². The minimum atomic E-state index is 0.218. The number of hydrogen-bond acceptors (Lipinski definition) is 1. The standard InChI is InChI=1S/C18H36OSi/c1-3-18(4-2,19-20)17(15-11-7-5-8-12-15)16-13-9-6-10-14-16/h15-17H,3-14H2,1-2,20H3. The van der Waals surface area contributed by atoms with Crippen molar-refractivity contribution in [1.29, 1.82) is 0 Å². The molecule has 2 aliphatic carbocycles. The van der Waals surface area contributed by atoms with Crippen LogP contribution in [-0.2, 0) is 4.43 Å². The highest BCUT2D eigenvalue weighted by molar-refractivity contribution is 5.98. The van der Waals surface area contributed by atoms with Crippen molar-refractivity contribution in [2.45, 2.75) is 96.5 Å². The lowest BCUT2D eigenvalue weighted by atomic mass is 9.61. The summed E-state index contributed by atoms with van der Waals surface area (Å²) in [5, 5.41) is 0. The molecule has 0 bridgehead atoms. The van der Waals surface area contributed by atoms with Gasteiger partial charge in [-0.3, -0.25) is 0 Å². The van der Waals surface area contributed by atoms with E-state index in [0.29, 0.717) is 0 Å². The molecule has 2 aliphatic rings. The summed E-state index contributed by atoms with van der Waals surface area (Å²) in [6.45, 7) is 4.75. The topological polar surface area (TPSA) is 9.23 Å². The summed E-state index contributed by atoms with van der Waals surface area (Å²) in [6.07, 6.45) is 17.2. The molecule has 118 valence electrons.